The lowest BCUT2D eigenvalue weighted by atomic mass is 9.85. The summed E-state index contributed by atoms with van der Waals surface area (Å²) in [4.78, 5) is 0. The summed E-state index contributed by atoms with van der Waals surface area (Å²) in [5.74, 6) is 0. The predicted octanol–water partition coefficient (Wildman–Crippen LogP) is 13.2. The Bertz CT molecular complexity index is 3220. The lowest BCUT2D eigenvalue weighted by Gasteiger charge is -2.18. The molecular weight excluding hydrogens is 569 g/mol. The third kappa shape index (κ3) is 3.97. The van der Waals surface area contributed by atoms with E-state index in [2.05, 4.69) is 0 Å². The van der Waals surface area contributed by atoms with E-state index in [4.69, 9.17) is 9.90 Å². The van der Waals surface area contributed by atoms with Gasteiger partial charge in [0, 0.05) is 10.8 Å². The van der Waals surface area contributed by atoms with Crippen LogP contribution in [-0.2, 0) is 0 Å². The molecule has 0 amide bonds. The Morgan fingerprint density at radius 2 is 0.936 bits per heavy atom. The van der Waals surface area contributed by atoms with E-state index in [-0.39, 0.29) is 45.7 Å². The molecule has 0 unspecified atom stereocenters. The van der Waals surface area contributed by atoms with Crippen molar-refractivity contribution in [3.63, 3.8) is 0 Å². The molecule has 0 saturated heterocycles. The van der Waals surface area contributed by atoms with Crippen LogP contribution in [-0.4, -0.2) is 0 Å². The minimum absolute atomic E-state index is 0.172. The molecule has 0 radical (unpaired) electrons. The molecule has 0 N–H and O–H groups in total. The molecule has 10 aromatic rings. The molecule has 1 heterocycles. The van der Waals surface area contributed by atoms with Gasteiger partial charge in [-0.25, -0.2) is 0 Å². The van der Waals surface area contributed by atoms with Crippen LogP contribution < -0.4 is 0 Å². The fraction of sp³-hybridized carbons (Fsp3) is 0. The highest BCUT2D eigenvalue weighted by Crippen LogP contribution is 2.46. The summed E-state index contributed by atoms with van der Waals surface area (Å²) in [5.41, 5.74) is 4.83. The summed E-state index contributed by atoms with van der Waals surface area (Å²) in [6.45, 7) is 0. The number of fused-ring (bicyclic) bond motifs is 8. The molecule has 1 heteroatoms. The number of hydrogen-bond donors (Lipinski definition) is 0. The van der Waals surface area contributed by atoms with Gasteiger partial charge in [0.2, 0.25) is 0 Å². The second-order valence-electron chi connectivity index (χ2n) is 11.8. The summed E-state index contributed by atoms with van der Waals surface area (Å²) in [6.07, 6.45) is 0. The molecule has 0 saturated carbocycles. The number of rotatable bonds is 3. The third-order valence-electron chi connectivity index (χ3n) is 9.28. The predicted molar refractivity (Wildman–Crippen MR) is 200 cm³/mol. The minimum atomic E-state index is -0.435. The van der Waals surface area contributed by atoms with E-state index in [1.165, 1.54) is 0 Å². The van der Waals surface area contributed by atoms with Crippen molar-refractivity contribution in [1.29, 1.82) is 0 Å². The van der Waals surface area contributed by atoms with Crippen molar-refractivity contribution in [2.24, 2.45) is 0 Å². The van der Waals surface area contributed by atoms with Gasteiger partial charge in [-0.05, 0) is 101 Å². The van der Waals surface area contributed by atoms with Gasteiger partial charge in [0.25, 0.3) is 0 Å². The number of hydrogen-bond acceptors (Lipinski definition) is 1. The molecule has 0 aliphatic rings. The van der Waals surface area contributed by atoms with Gasteiger partial charge < -0.3 is 4.42 Å². The average molecular weight is 605 g/mol. The maximum absolute atomic E-state index is 9.41. The summed E-state index contributed by atoms with van der Waals surface area (Å²) in [7, 11) is 0. The van der Waals surface area contributed by atoms with Crippen molar-refractivity contribution in [1.82, 2.24) is 0 Å². The Morgan fingerprint density at radius 3 is 1.66 bits per heavy atom. The first-order chi connectivity index (χ1) is 26.6. The molecule has 0 fully saturated rings. The fourth-order valence-corrected chi connectivity index (χ4v) is 7.22. The summed E-state index contributed by atoms with van der Waals surface area (Å²) in [6, 6.07) is 36.3. The van der Waals surface area contributed by atoms with Crippen LogP contribution in [0.1, 0.15) is 11.0 Å². The summed E-state index contributed by atoms with van der Waals surface area (Å²) in [5, 5.41) is 6.46. The lowest BCUT2D eigenvalue weighted by molar-refractivity contribution is 0.669. The number of benzene rings is 9. The van der Waals surface area contributed by atoms with Crippen molar-refractivity contribution < 1.29 is 15.4 Å². The van der Waals surface area contributed by atoms with Gasteiger partial charge in [0.15, 0.2) is 0 Å². The Balaban J connectivity index is 1.39. The SMILES string of the molecule is [2H]c1c([2H])c([2H])c2c(-c3ccc4oc5ccc6ccccc6c5c4c3)c3c([2H])c([2H])c([2H])c([2H])c3c(-c3cccc(-c4cccc5ccccc45)c3)c2c1[2H]. The molecule has 10 rings (SSSR count). The van der Waals surface area contributed by atoms with Gasteiger partial charge in [-0.1, -0.05) is 145 Å². The van der Waals surface area contributed by atoms with Gasteiger partial charge in [-0.2, -0.15) is 0 Å². The van der Waals surface area contributed by atoms with Gasteiger partial charge in [0.1, 0.15) is 11.2 Å². The molecule has 0 bridgehead atoms. The largest absolute Gasteiger partial charge is 0.456 e. The molecule has 0 spiro atoms. The monoisotopic (exact) mass is 604 g/mol. The van der Waals surface area contributed by atoms with Gasteiger partial charge >= 0.3 is 0 Å². The molecule has 9 aromatic carbocycles. The average Bonchev–Trinajstić information content (AvgIpc) is 3.60. The molecule has 1 aromatic heterocycles. The first kappa shape index (κ1) is 19.4. The second-order valence-corrected chi connectivity index (χ2v) is 11.8. The molecule has 0 atom stereocenters. The van der Waals surface area contributed by atoms with E-state index < -0.39 is 24.2 Å². The summed E-state index contributed by atoms with van der Waals surface area (Å²) < 4.78 is 79.3. The Kier molecular flexibility index (Phi) is 4.19. The van der Waals surface area contributed by atoms with Crippen molar-refractivity contribution in [3.05, 3.63) is 170 Å². The zero-order valence-corrected chi connectivity index (χ0v) is 25.0. The van der Waals surface area contributed by atoms with Crippen molar-refractivity contribution in [3.8, 4) is 33.4 Å². The van der Waals surface area contributed by atoms with E-state index in [9.17, 15) is 5.48 Å². The maximum Gasteiger partial charge on any atom is 0.136 e. The van der Waals surface area contributed by atoms with E-state index in [0.717, 1.165) is 43.4 Å². The van der Waals surface area contributed by atoms with Gasteiger partial charge in [0.05, 0.1) is 11.0 Å². The zero-order chi connectivity index (χ0) is 37.9. The van der Waals surface area contributed by atoms with Crippen LogP contribution in [0.4, 0.5) is 0 Å². The van der Waals surface area contributed by atoms with Crippen LogP contribution in [0.5, 0.6) is 0 Å². The van der Waals surface area contributed by atoms with Crippen LogP contribution in [0.3, 0.4) is 0 Å². The summed E-state index contributed by atoms with van der Waals surface area (Å²) >= 11 is 0. The molecule has 0 aliphatic heterocycles. The first-order valence-electron chi connectivity index (χ1n) is 19.5. The van der Waals surface area contributed by atoms with Gasteiger partial charge in [-0.3, -0.25) is 0 Å². The van der Waals surface area contributed by atoms with Crippen molar-refractivity contribution >= 4 is 65.0 Å². The molecular formula is C46H28O. The second kappa shape index (κ2) is 10.2. The molecule has 1 nitrogen and oxygen atoms in total. The Morgan fingerprint density at radius 1 is 0.383 bits per heavy atom. The fourth-order valence-electron chi connectivity index (χ4n) is 7.22. The standard InChI is InChI=1S/C46H28O/c1-3-16-34-29(11-1)13-10-22-35(34)31-14-9-15-32(27-31)44-37-18-5-7-20-39(37)45(40-21-8-6-19-38(40)44)33-24-25-42-41(28-33)46-36-17-4-2-12-30(36)23-26-43(46)47-42/h1-28H/i5D,6D,7D,8D,18D,19D,20D,21D. The maximum atomic E-state index is 9.41. The zero-order valence-electron chi connectivity index (χ0n) is 33.0. The molecule has 218 valence electrons. The van der Waals surface area contributed by atoms with E-state index in [1.807, 2.05) is 115 Å². The van der Waals surface area contributed by atoms with Crippen LogP contribution in [0.2, 0.25) is 0 Å². The van der Waals surface area contributed by atoms with Crippen LogP contribution in [0, 0.1) is 0 Å². The molecule has 47 heavy (non-hydrogen) atoms. The van der Waals surface area contributed by atoms with Crippen LogP contribution in [0.15, 0.2) is 174 Å². The van der Waals surface area contributed by atoms with E-state index in [1.54, 1.807) is 6.07 Å². The highest BCUT2D eigenvalue weighted by atomic mass is 16.3. The van der Waals surface area contributed by atoms with E-state index in [0.29, 0.717) is 33.4 Å². The smallest absolute Gasteiger partial charge is 0.136 e. The molecule has 0 aliphatic carbocycles. The quantitative estimate of drug-likeness (QED) is 0.183. The Hall–Kier alpha value is -6.18. The highest BCUT2D eigenvalue weighted by Gasteiger charge is 2.19. The minimum Gasteiger partial charge on any atom is -0.456 e. The highest BCUT2D eigenvalue weighted by molar-refractivity contribution is 6.24. The third-order valence-corrected chi connectivity index (χ3v) is 9.28. The van der Waals surface area contributed by atoms with E-state index >= 15 is 0 Å². The van der Waals surface area contributed by atoms with Crippen LogP contribution in [0.25, 0.3) is 98.4 Å². The topological polar surface area (TPSA) is 13.1 Å². The lowest BCUT2D eigenvalue weighted by Crippen LogP contribution is -1.91. The normalized spacial score (nSPS) is 14.2. The van der Waals surface area contributed by atoms with Crippen molar-refractivity contribution in [2.45, 2.75) is 0 Å². The van der Waals surface area contributed by atoms with Crippen molar-refractivity contribution in [2.75, 3.05) is 0 Å². The van der Waals surface area contributed by atoms with Crippen LogP contribution >= 0.6 is 0 Å². The number of furan rings is 1. The first-order valence-corrected chi connectivity index (χ1v) is 15.5. The van der Waals surface area contributed by atoms with Gasteiger partial charge in [-0.15, -0.1) is 0 Å². The Labute approximate surface area is 283 Å².